The predicted octanol–water partition coefficient (Wildman–Crippen LogP) is 3.10. The number of rotatable bonds is 8. The van der Waals surface area contributed by atoms with Crippen molar-refractivity contribution in [1.29, 1.82) is 0 Å². The summed E-state index contributed by atoms with van der Waals surface area (Å²) in [5, 5.41) is 5.55. The topological polar surface area (TPSA) is 76.7 Å². The fourth-order valence-corrected chi connectivity index (χ4v) is 2.26. The van der Waals surface area contributed by atoms with Crippen LogP contribution in [0.4, 0.5) is 5.69 Å². The van der Waals surface area contributed by atoms with Gasteiger partial charge in [-0.25, -0.2) is 0 Å². The minimum absolute atomic E-state index is 0.0379. The first-order valence-electron chi connectivity index (χ1n) is 8.45. The average molecular weight is 356 g/mol. The highest BCUT2D eigenvalue weighted by Gasteiger charge is 2.09. The molecule has 6 heteroatoms. The van der Waals surface area contributed by atoms with Gasteiger partial charge < -0.3 is 20.1 Å². The van der Waals surface area contributed by atoms with Gasteiger partial charge in [0.15, 0.2) is 0 Å². The summed E-state index contributed by atoms with van der Waals surface area (Å²) in [6, 6.07) is 13.7. The molecule has 0 aliphatic carbocycles. The smallest absolute Gasteiger partial charge is 0.255 e. The molecule has 26 heavy (non-hydrogen) atoms. The Kier molecular flexibility index (Phi) is 7.17. The Morgan fingerprint density at radius 3 is 2.38 bits per heavy atom. The molecular formula is C20H24N2O4. The molecule has 2 amide bonds. The lowest BCUT2D eigenvalue weighted by Gasteiger charge is -2.11. The Balaban J connectivity index is 1.98. The van der Waals surface area contributed by atoms with Crippen LogP contribution in [-0.4, -0.2) is 38.2 Å². The zero-order chi connectivity index (χ0) is 18.9. The Bertz CT molecular complexity index is 742. The van der Waals surface area contributed by atoms with Gasteiger partial charge in [0.25, 0.3) is 11.8 Å². The van der Waals surface area contributed by atoms with Gasteiger partial charge in [0.1, 0.15) is 5.75 Å². The zero-order valence-electron chi connectivity index (χ0n) is 15.2. The largest absolute Gasteiger partial charge is 0.491 e. The first kappa shape index (κ1) is 19.5. The SMILES string of the molecule is COCCNC(=O)c1ccc(NC(=O)c2cccc(OC(C)C)c2)cc1. The maximum atomic E-state index is 12.4. The van der Waals surface area contributed by atoms with Gasteiger partial charge in [-0.1, -0.05) is 6.07 Å². The minimum atomic E-state index is -0.239. The van der Waals surface area contributed by atoms with Gasteiger partial charge in [0, 0.05) is 30.5 Å². The Hall–Kier alpha value is -2.86. The fraction of sp³-hybridized carbons (Fsp3) is 0.300. The summed E-state index contributed by atoms with van der Waals surface area (Å²) in [6.45, 7) is 4.77. The van der Waals surface area contributed by atoms with Crippen molar-refractivity contribution in [1.82, 2.24) is 5.32 Å². The summed E-state index contributed by atoms with van der Waals surface area (Å²) in [5.41, 5.74) is 1.63. The van der Waals surface area contributed by atoms with E-state index in [1.54, 1.807) is 49.6 Å². The zero-order valence-corrected chi connectivity index (χ0v) is 15.2. The summed E-state index contributed by atoms with van der Waals surface area (Å²) in [6.07, 6.45) is 0.0379. The maximum absolute atomic E-state index is 12.4. The van der Waals surface area contributed by atoms with E-state index in [4.69, 9.17) is 9.47 Å². The van der Waals surface area contributed by atoms with E-state index in [-0.39, 0.29) is 17.9 Å². The summed E-state index contributed by atoms with van der Waals surface area (Å²) in [4.78, 5) is 24.3. The average Bonchev–Trinajstić information content (AvgIpc) is 2.62. The number of benzene rings is 2. The van der Waals surface area contributed by atoms with Gasteiger partial charge in [0.05, 0.1) is 12.7 Å². The lowest BCUT2D eigenvalue weighted by molar-refractivity contribution is 0.0936. The van der Waals surface area contributed by atoms with Crippen LogP contribution in [0.25, 0.3) is 0 Å². The van der Waals surface area contributed by atoms with Gasteiger partial charge in [-0.05, 0) is 56.3 Å². The van der Waals surface area contributed by atoms with Crippen molar-refractivity contribution in [3.05, 3.63) is 59.7 Å². The lowest BCUT2D eigenvalue weighted by atomic mass is 10.1. The first-order valence-corrected chi connectivity index (χ1v) is 8.45. The van der Waals surface area contributed by atoms with Crippen molar-refractivity contribution in [2.75, 3.05) is 25.6 Å². The Morgan fingerprint density at radius 2 is 1.73 bits per heavy atom. The molecule has 0 fully saturated rings. The van der Waals surface area contributed by atoms with E-state index < -0.39 is 0 Å². The van der Waals surface area contributed by atoms with Crippen molar-refractivity contribution in [3.63, 3.8) is 0 Å². The standard InChI is InChI=1S/C20H24N2O4/c1-14(2)26-18-6-4-5-16(13-18)20(24)22-17-9-7-15(8-10-17)19(23)21-11-12-25-3/h4-10,13-14H,11-12H2,1-3H3,(H,21,23)(H,22,24). The molecule has 0 radical (unpaired) electrons. The molecule has 0 bridgehead atoms. The van der Waals surface area contributed by atoms with Crippen LogP contribution in [0.2, 0.25) is 0 Å². The summed E-state index contributed by atoms with van der Waals surface area (Å²) >= 11 is 0. The number of hydrogen-bond acceptors (Lipinski definition) is 4. The molecule has 0 atom stereocenters. The molecule has 2 N–H and O–H groups in total. The van der Waals surface area contributed by atoms with Gasteiger partial charge in [-0.15, -0.1) is 0 Å². The quantitative estimate of drug-likeness (QED) is 0.713. The number of amides is 2. The summed E-state index contributed by atoms with van der Waals surface area (Å²) in [5.74, 6) is 0.227. The van der Waals surface area contributed by atoms with Gasteiger partial charge in [-0.2, -0.15) is 0 Å². The number of hydrogen-bond donors (Lipinski definition) is 2. The predicted molar refractivity (Wildman–Crippen MR) is 101 cm³/mol. The second-order valence-corrected chi connectivity index (χ2v) is 5.97. The molecular weight excluding hydrogens is 332 g/mol. The molecule has 0 saturated carbocycles. The van der Waals surface area contributed by atoms with Gasteiger partial charge in [0.2, 0.25) is 0 Å². The van der Waals surface area contributed by atoms with E-state index in [2.05, 4.69) is 10.6 Å². The number of carbonyl (C=O) groups is 2. The molecule has 0 unspecified atom stereocenters. The molecule has 0 aliphatic rings. The van der Waals surface area contributed by atoms with Crippen LogP contribution in [0.15, 0.2) is 48.5 Å². The third-order valence-electron chi connectivity index (χ3n) is 3.46. The van der Waals surface area contributed by atoms with Crippen molar-refractivity contribution >= 4 is 17.5 Å². The van der Waals surface area contributed by atoms with E-state index in [9.17, 15) is 9.59 Å². The summed E-state index contributed by atoms with van der Waals surface area (Å²) < 4.78 is 10.5. The molecule has 0 heterocycles. The molecule has 0 aromatic heterocycles. The number of carbonyl (C=O) groups excluding carboxylic acids is 2. The van der Waals surface area contributed by atoms with Crippen molar-refractivity contribution in [2.24, 2.45) is 0 Å². The van der Waals surface area contributed by atoms with Gasteiger partial charge in [-0.3, -0.25) is 9.59 Å². The van der Waals surface area contributed by atoms with Crippen LogP contribution in [-0.2, 0) is 4.74 Å². The number of methoxy groups -OCH3 is 1. The number of nitrogens with one attached hydrogen (secondary N) is 2. The maximum Gasteiger partial charge on any atom is 0.255 e. The number of anilines is 1. The molecule has 2 aromatic rings. The van der Waals surface area contributed by atoms with Crippen LogP contribution < -0.4 is 15.4 Å². The van der Waals surface area contributed by atoms with Crippen LogP contribution in [0, 0.1) is 0 Å². The van der Waals surface area contributed by atoms with E-state index in [0.717, 1.165) is 0 Å². The molecule has 2 rings (SSSR count). The third-order valence-corrected chi connectivity index (χ3v) is 3.46. The van der Waals surface area contributed by atoms with E-state index in [0.29, 0.717) is 35.7 Å². The second kappa shape index (κ2) is 9.58. The highest BCUT2D eigenvalue weighted by molar-refractivity contribution is 6.04. The monoisotopic (exact) mass is 356 g/mol. The Labute approximate surface area is 153 Å². The molecule has 0 aliphatic heterocycles. The minimum Gasteiger partial charge on any atom is -0.491 e. The van der Waals surface area contributed by atoms with Crippen LogP contribution in [0.5, 0.6) is 5.75 Å². The fourth-order valence-electron chi connectivity index (χ4n) is 2.26. The molecule has 0 saturated heterocycles. The summed E-state index contributed by atoms with van der Waals surface area (Å²) in [7, 11) is 1.58. The lowest BCUT2D eigenvalue weighted by Crippen LogP contribution is -2.26. The van der Waals surface area contributed by atoms with Crippen molar-refractivity contribution in [3.8, 4) is 5.75 Å². The van der Waals surface area contributed by atoms with Crippen LogP contribution in [0.3, 0.4) is 0 Å². The van der Waals surface area contributed by atoms with Crippen molar-refractivity contribution in [2.45, 2.75) is 20.0 Å². The first-order chi connectivity index (χ1) is 12.5. The van der Waals surface area contributed by atoms with Crippen LogP contribution >= 0.6 is 0 Å². The number of ether oxygens (including phenoxy) is 2. The van der Waals surface area contributed by atoms with Crippen LogP contribution in [0.1, 0.15) is 34.6 Å². The van der Waals surface area contributed by atoms with Crippen molar-refractivity contribution < 1.29 is 19.1 Å². The third kappa shape index (κ3) is 5.89. The second-order valence-electron chi connectivity index (χ2n) is 5.97. The highest BCUT2D eigenvalue weighted by Crippen LogP contribution is 2.17. The van der Waals surface area contributed by atoms with E-state index >= 15 is 0 Å². The molecule has 0 spiro atoms. The normalized spacial score (nSPS) is 10.5. The van der Waals surface area contributed by atoms with Gasteiger partial charge >= 0.3 is 0 Å². The molecule has 2 aromatic carbocycles. The molecule has 6 nitrogen and oxygen atoms in total. The van der Waals surface area contributed by atoms with E-state index in [1.165, 1.54) is 0 Å². The Morgan fingerprint density at radius 1 is 1.00 bits per heavy atom. The highest BCUT2D eigenvalue weighted by atomic mass is 16.5. The molecule has 138 valence electrons. The van der Waals surface area contributed by atoms with E-state index in [1.807, 2.05) is 19.9 Å².